The van der Waals surface area contributed by atoms with Gasteiger partial charge in [-0.05, 0) is 26.2 Å². The maximum Gasteiger partial charge on any atom is 0.330 e. The Balaban J connectivity index is 3.85. The molecule has 0 amide bonds. The molecule has 0 spiro atoms. The van der Waals surface area contributed by atoms with Crippen LogP contribution in [0, 0.1) is 0 Å². The molecule has 0 saturated carbocycles. The van der Waals surface area contributed by atoms with E-state index in [9.17, 15) is 4.79 Å². The second kappa shape index (κ2) is 7.13. The van der Waals surface area contributed by atoms with Gasteiger partial charge >= 0.3 is 5.97 Å². The van der Waals surface area contributed by atoms with E-state index in [4.69, 9.17) is 5.11 Å². The van der Waals surface area contributed by atoms with E-state index in [0.717, 1.165) is 12.8 Å². The highest BCUT2D eigenvalue weighted by molar-refractivity contribution is 5.85. The summed E-state index contributed by atoms with van der Waals surface area (Å²) < 4.78 is 0. The molecule has 14 heavy (non-hydrogen) atoms. The molecule has 1 N–H and O–H groups in total. The van der Waals surface area contributed by atoms with Gasteiger partial charge in [-0.25, -0.2) is 4.79 Å². The number of allylic oxidation sites excluding steroid dienone is 4. The van der Waals surface area contributed by atoms with E-state index < -0.39 is 5.97 Å². The van der Waals surface area contributed by atoms with E-state index in [1.807, 2.05) is 19.1 Å². The zero-order chi connectivity index (χ0) is 11.0. The fourth-order valence-corrected chi connectivity index (χ4v) is 1.02. The second-order valence-electron chi connectivity index (χ2n) is 3.07. The molecule has 0 aromatic carbocycles. The lowest BCUT2D eigenvalue weighted by atomic mass is 10.1. The Hall–Kier alpha value is -1.31. The highest BCUT2D eigenvalue weighted by atomic mass is 16.4. The predicted molar refractivity (Wildman–Crippen MR) is 59.2 cm³/mol. The number of hydrogen-bond acceptors (Lipinski definition) is 1. The average Bonchev–Trinajstić information content (AvgIpc) is 2.17. The molecule has 0 unspecified atom stereocenters. The average molecular weight is 194 g/mol. The lowest BCUT2D eigenvalue weighted by molar-refractivity contribution is -0.132. The van der Waals surface area contributed by atoms with Crippen molar-refractivity contribution in [3.8, 4) is 0 Å². The third-order valence-corrected chi connectivity index (χ3v) is 2.03. The first-order valence-corrected chi connectivity index (χ1v) is 4.84. The van der Waals surface area contributed by atoms with Crippen molar-refractivity contribution in [2.45, 2.75) is 33.1 Å². The normalized spacial score (nSPS) is 12.0. The smallest absolute Gasteiger partial charge is 0.330 e. The van der Waals surface area contributed by atoms with Crippen molar-refractivity contribution in [2.75, 3.05) is 0 Å². The van der Waals surface area contributed by atoms with E-state index in [2.05, 4.69) is 19.6 Å². The fourth-order valence-electron chi connectivity index (χ4n) is 1.02. The topological polar surface area (TPSA) is 37.3 Å². The molecule has 2 heteroatoms. The minimum atomic E-state index is -0.903. The quantitative estimate of drug-likeness (QED) is 0.520. The molecule has 0 aliphatic rings. The Morgan fingerprint density at radius 2 is 2.14 bits per heavy atom. The summed E-state index contributed by atoms with van der Waals surface area (Å²) in [5, 5.41) is 8.55. The van der Waals surface area contributed by atoms with Crippen molar-refractivity contribution in [1.29, 1.82) is 0 Å². The van der Waals surface area contributed by atoms with Gasteiger partial charge in [0.15, 0.2) is 0 Å². The molecular weight excluding hydrogens is 176 g/mol. The molecule has 0 bridgehead atoms. The number of hydrogen-bond donors (Lipinski definition) is 1. The zero-order valence-electron chi connectivity index (χ0n) is 8.92. The third kappa shape index (κ3) is 5.36. The lowest BCUT2D eigenvalue weighted by Crippen LogP contribution is -1.97. The Kier molecular flexibility index (Phi) is 6.46. The van der Waals surface area contributed by atoms with Crippen molar-refractivity contribution in [1.82, 2.24) is 0 Å². The minimum Gasteiger partial charge on any atom is -0.478 e. The van der Waals surface area contributed by atoms with E-state index in [1.54, 1.807) is 0 Å². The molecule has 2 nitrogen and oxygen atoms in total. The second-order valence-corrected chi connectivity index (χ2v) is 3.07. The van der Waals surface area contributed by atoms with E-state index in [1.165, 1.54) is 5.57 Å². The lowest BCUT2D eigenvalue weighted by Gasteiger charge is -1.96. The Morgan fingerprint density at radius 1 is 1.50 bits per heavy atom. The van der Waals surface area contributed by atoms with Gasteiger partial charge in [-0.15, -0.1) is 0 Å². The molecule has 0 aliphatic carbocycles. The van der Waals surface area contributed by atoms with Crippen LogP contribution in [-0.4, -0.2) is 11.1 Å². The van der Waals surface area contributed by atoms with Gasteiger partial charge in [0.2, 0.25) is 0 Å². The highest BCUT2D eigenvalue weighted by Crippen LogP contribution is 2.06. The largest absolute Gasteiger partial charge is 0.478 e. The number of rotatable bonds is 6. The van der Waals surface area contributed by atoms with Gasteiger partial charge in [-0.2, -0.15) is 0 Å². The van der Waals surface area contributed by atoms with Crippen molar-refractivity contribution in [3.63, 3.8) is 0 Å². The maximum absolute atomic E-state index is 10.4. The van der Waals surface area contributed by atoms with Crippen LogP contribution in [0.15, 0.2) is 36.0 Å². The summed E-state index contributed by atoms with van der Waals surface area (Å²) >= 11 is 0. The van der Waals surface area contributed by atoms with Crippen LogP contribution in [0.5, 0.6) is 0 Å². The van der Waals surface area contributed by atoms with Crippen LogP contribution in [-0.2, 0) is 4.79 Å². The number of carboxylic acid groups (broad SMARTS) is 1. The highest BCUT2D eigenvalue weighted by Gasteiger charge is 2.00. The van der Waals surface area contributed by atoms with Crippen molar-refractivity contribution in [2.24, 2.45) is 0 Å². The van der Waals surface area contributed by atoms with Gasteiger partial charge in [-0.3, -0.25) is 0 Å². The summed E-state index contributed by atoms with van der Waals surface area (Å²) in [5.74, 6) is -0.903. The van der Waals surface area contributed by atoms with Crippen LogP contribution in [0.25, 0.3) is 0 Å². The molecule has 0 aliphatic heterocycles. The number of aliphatic carboxylic acids is 1. The predicted octanol–water partition coefficient (Wildman–Crippen LogP) is 3.32. The van der Waals surface area contributed by atoms with Crippen molar-refractivity contribution < 1.29 is 9.90 Å². The molecule has 0 radical (unpaired) electrons. The molecule has 0 atom stereocenters. The Morgan fingerprint density at radius 3 is 2.57 bits per heavy atom. The molecular formula is C12H18O2. The first-order chi connectivity index (χ1) is 6.61. The third-order valence-electron chi connectivity index (χ3n) is 2.03. The summed E-state index contributed by atoms with van der Waals surface area (Å²) in [4.78, 5) is 10.4. The van der Waals surface area contributed by atoms with Crippen molar-refractivity contribution in [3.05, 3.63) is 36.0 Å². The molecule has 0 rings (SSSR count). The summed E-state index contributed by atoms with van der Waals surface area (Å²) in [6.07, 6.45) is 8.35. The SMILES string of the molecule is C=C(CCC=CC(=CC)CC)C(=O)O. The molecule has 0 heterocycles. The molecule has 0 saturated heterocycles. The van der Waals surface area contributed by atoms with Gasteiger partial charge in [0, 0.05) is 5.57 Å². The van der Waals surface area contributed by atoms with Crippen LogP contribution in [0.4, 0.5) is 0 Å². The maximum atomic E-state index is 10.4. The monoisotopic (exact) mass is 194 g/mol. The first-order valence-electron chi connectivity index (χ1n) is 4.84. The van der Waals surface area contributed by atoms with Crippen molar-refractivity contribution >= 4 is 5.97 Å². The van der Waals surface area contributed by atoms with Gasteiger partial charge in [0.05, 0.1) is 0 Å². The number of carboxylic acids is 1. The first kappa shape index (κ1) is 12.7. The van der Waals surface area contributed by atoms with Crippen LogP contribution in [0.2, 0.25) is 0 Å². The van der Waals surface area contributed by atoms with E-state index in [-0.39, 0.29) is 5.57 Å². The van der Waals surface area contributed by atoms with E-state index >= 15 is 0 Å². The van der Waals surface area contributed by atoms with Gasteiger partial charge in [0.25, 0.3) is 0 Å². The minimum absolute atomic E-state index is 0.271. The molecule has 0 fully saturated rings. The van der Waals surface area contributed by atoms with Gasteiger partial charge in [-0.1, -0.05) is 37.3 Å². The Bertz CT molecular complexity index is 259. The molecule has 78 valence electrons. The van der Waals surface area contributed by atoms with Crippen LogP contribution in [0.1, 0.15) is 33.1 Å². The van der Waals surface area contributed by atoms with E-state index in [0.29, 0.717) is 6.42 Å². The van der Waals surface area contributed by atoms with Crippen LogP contribution >= 0.6 is 0 Å². The zero-order valence-corrected chi connectivity index (χ0v) is 8.92. The summed E-state index contributed by atoms with van der Waals surface area (Å²) in [7, 11) is 0. The van der Waals surface area contributed by atoms with Gasteiger partial charge < -0.3 is 5.11 Å². The number of carbonyl (C=O) groups is 1. The Labute approximate surface area is 85.6 Å². The van der Waals surface area contributed by atoms with Gasteiger partial charge in [0.1, 0.15) is 0 Å². The molecule has 0 aromatic heterocycles. The summed E-state index contributed by atoms with van der Waals surface area (Å²) in [6.45, 7) is 7.56. The standard InChI is InChI=1S/C12H18O2/c1-4-11(5-2)9-7-6-8-10(3)12(13)14/h4,7,9H,3,5-6,8H2,1-2H3,(H,13,14). The van der Waals surface area contributed by atoms with Crippen LogP contribution < -0.4 is 0 Å². The summed E-state index contributed by atoms with van der Waals surface area (Å²) in [6, 6.07) is 0. The fraction of sp³-hybridized carbons (Fsp3) is 0.417. The van der Waals surface area contributed by atoms with Crippen LogP contribution in [0.3, 0.4) is 0 Å². The molecule has 0 aromatic rings. The summed E-state index contributed by atoms with van der Waals surface area (Å²) in [5.41, 5.74) is 1.54.